The molecule has 4 heterocycles. The van der Waals surface area contributed by atoms with Gasteiger partial charge in [-0.3, -0.25) is 9.48 Å². The van der Waals surface area contributed by atoms with E-state index in [0.717, 1.165) is 37.9 Å². The van der Waals surface area contributed by atoms with Crippen LogP contribution in [-0.4, -0.2) is 54.7 Å². The van der Waals surface area contributed by atoms with Crippen LogP contribution in [0.15, 0.2) is 54.6 Å². The minimum absolute atomic E-state index is 0.00874. The predicted octanol–water partition coefficient (Wildman–Crippen LogP) is 4.38. The third kappa shape index (κ3) is 3.95. The van der Waals surface area contributed by atoms with Crippen molar-refractivity contribution in [2.75, 3.05) is 18.4 Å². The predicted molar refractivity (Wildman–Crippen MR) is 136 cm³/mol. The summed E-state index contributed by atoms with van der Waals surface area (Å²) in [5, 5.41) is 8.45. The molecule has 1 unspecified atom stereocenters. The van der Waals surface area contributed by atoms with Gasteiger partial charge in [0.2, 0.25) is 0 Å². The Bertz CT molecular complexity index is 1560. The third-order valence-corrected chi connectivity index (χ3v) is 7.03. The number of rotatable bonds is 6. The number of ether oxygens (including phenoxy) is 1. The Hall–Kier alpha value is -4.05. The van der Waals surface area contributed by atoms with Gasteiger partial charge in [-0.1, -0.05) is 0 Å². The van der Waals surface area contributed by atoms with E-state index in [0.29, 0.717) is 31.1 Å². The van der Waals surface area contributed by atoms with E-state index in [1.807, 2.05) is 60.9 Å². The zero-order valence-electron chi connectivity index (χ0n) is 19.3. The molecule has 35 heavy (non-hydrogen) atoms. The largest absolute Gasteiger partial charge is 0.480 e. The molecule has 0 bridgehead atoms. The van der Waals surface area contributed by atoms with Crippen molar-refractivity contribution in [1.82, 2.24) is 29.6 Å². The number of benzene rings is 2. The fraction of sp³-hybridized carbons (Fsp3) is 0.240. The zero-order chi connectivity index (χ0) is 23.9. The summed E-state index contributed by atoms with van der Waals surface area (Å²) in [6.45, 7) is 3.34. The molecule has 3 aromatic heterocycles. The number of likely N-dealkylation sites (N-methyl/N-ethyl adjacent to an activating group) is 1. The van der Waals surface area contributed by atoms with E-state index >= 15 is 0 Å². The van der Waals surface area contributed by atoms with E-state index in [1.54, 1.807) is 22.2 Å². The van der Waals surface area contributed by atoms with Crippen LogP contribution in [0.2, 0.25) is 0 Å². The van der Waals surface area contributed by atoms with Crippen molar-refractivity contribution in [2.24, 2.45) is 7.05 Å². The number of amides is 1. The number of anilines is 2. The lowest BCUT2D eigenvalue weighted by atomic mass is 10.1. The molecule has 1 atom stereocenters. The van der Waals surface area contributed by atoms with Gasteiger partial charge in [-0.05, 0) is 42.8 Å². The first kappa shape index (κ1) is 21.5. The number of aryl methyl sites for hydroxylation is 1. The Morgan fingerprint density at radius 3 is 2.86 bits per heavy atom. The van der Waals surface area contributed by atoms with Crippen molar-refractivity contribution < 1.29 is 9.53 Å². The van der Waals surface area contributed by atoms with Crippen LogP contribution in [0.25, 0.3) is 32.2 Å². The van der Waals surface area contributed by atoms with Crippen LogP contribution in [0.5, 0.6) is 5.75 Å². The summed E-state index contributed by atoms with van der Waals surface area (Å²) in [5.74, 6) is 1.19. The Morgan fingerprint density at radius 2 is 2.06 bits per heavy atom. The lowest BCUT2D eigenvalue weighted by molar-refractivity contribution is -0.133. The Morgan fingerprint density at radius 1 is 1.14 bits per heavy atom. The van der Waals surface area contributed by atoms with Gasteiger partial charge in [0.05, 0.1) is 32.8 Å². The van der Waals surface area contributed by atoms with E-state index < -0.39 is 6.10 Å². The molecule has 1 saturated heterocycles. The number of hydrogen-bond donors (Lipinski definition) is 1. The second-order valence-electron chi connectivity index (χ2n) is 8.47. The second-order valence-corrected chi connectivity index (χ2v) is 9.35. The minimum Gasteiger partial charge on any atom is -0.480 e. The first-order valence-electron chi connectivity index (χ1n) is 11.4. The molecule has 2 aromatic carbocycles. The monoisotopic (exact) mass is 485 g/mol. The molecule has 9 nitrogen and oxygen atoms in total. The fourth-order valence-electron chi connectivity index (χ4n) is 4.44. The number of carbonyl (C=O) groups is 1. The molecule has 1 aliphatic rings. The van der Waals surface area contributed by atoms with Crippen LogP contribution >= 0.6 is 11.3 Å². The zero-order valence-corrected chi connectivity index (χ0v) is 20.1. The number of likely N-dealkylation sites (tertiary alicyclic amines) is 1. The molecule has 0 radical (unpaired) electrons. The SMILES string of the molecule is CCN1CCC(Oc2cc(-c3cnn(C)c3)cc3ncnc(Nc4ccc5ncsc5c4)c23)C1=O. The van der Waals surface area contributed by atoms with Crippen LogP contribution < -0.4 is 10.1 Å². The summed E-state index contributed by atoms with van der Waals surface area (Å²) in [4.78, 5) is 28.1. The van der Waals surface area contributed by atoms with Gasteiger partial charge in [0.1, 0.15) is 17.9 Å². The van der Waals surface area contributed by atoms with Crippen LogP contribution in [-0.2, 0) is 11.8 Å². The lowest BCUT2D eigenvalue weighted by Gasteiger charge is -2.18. The maximum absolute atomic E-state index is 12.8. The number of carbonyl (C=O) groups excluding carboxylic acids is 1. The van der Waals surface area contributed by atoms with Crippen LogP contribution in [0.1, 0.15) is 13.3 Å². The van der Waals surface area contributed by atoms with Crippen molar-refractivity contribution >= 4 is 49.9 Å². The highest BCUT2D eigenvalue weighted by molar-refractivity contribution is 7.16. The summed E-state index contributed by atoms with van der Waals surface area (Å²) in [6, 6.07) is 9.94. The standard InChI is InChI=1S/C25H23N7O2S/c1-3-32-7-6-20(25(32)33)34-21-9-15(16-11-29-31(2)12-16)8-19-23(21)24(27-13-26-19)30-17-4-5-18-22(10-17)35-14-28-18/h4-5,8-14,20H,3,6-7H2,1-2H3,(H,26,27,30). The van der Waals surface area contributed by atoms with Crippen molar-refractivity contribution in [1.29, 1.82) is 0 Å². The highest BCUT2D eigenvalue weighted by Crippen LogP contribution is 2.37. The highest BCUT2D eigenvalue weighted by atomic mass is 32.1. The van der Waals surface area contributed by atoms with Gasteiger partial charge in [-0.15, -0.1) is 11.3 Å². The average Bonchev–Trinajstić information content (AvgIpc) is 3.59. The van der Waals surface area contributed by atoms with Crippen molar-refractivity contribution in [3.63, 3.8) is 0 Å². The molecule has 176 valence electrons. The van der Waals surface area contributed by atoms with E-state index in [9.17, 15) is 4.79 Å². The Kier molecular flexibility index (Phi) is 5.29. The van der Waals surface area contributed by atoms with Crippen LogP contribution in [0, 0.1) is 0 Å². The van der Waals surface area contributed by atoms with Gasteiger partial charge < -0.3 is 15.0 Å². The van der Waals surface area contributed by atoms with Crippen LogP contribution in [0.3, 0.4) is 0 Å². The summed E-state index contributed by atoms with van der Waals surface area (Å²) in [7, 11) is 1.88. The van der Waals surface area contributed by atoms with Crippen molar-refractivity contribution in [3.8, 4) is 16.9 Å². The quantitative estimate of drug-likeness (QED) is 0.381. The normalized spacial score (nSPS) is 15.9. The first-order chi connectivity index (χ1) is 17.1. The molecule has 0 spiro atoms. The summed E-state index contributed by atoms with van der Waals surface area (Å²) in [6.07, 6.45) is 5.38. The molecule has 6 rings (SSSR count). The molecular formula is C25H23N7O2S. The number of thiazole rings is 1. The maximum atomic E-state index is 12.8. The van der Waals surface area contributed by atoms with Gasteiger partial charge in [0.25, 0.3) is 5.91 Å². The number of aromatic nitrogens is 5. The molecule has 1 aliphatic heterocycles. The van der Waals surface area contributed by atoms with Crippen molar-refractivity contribution in [2.45, 2.75) is 19.4 Å². The van der Waals surface area contributed by atoms with Gasteiger partial charge in [-0.2, -0.15) is 5.10 Å². The summed E-state index contributed by atoms with van der Waals surface area (Å²) < 4.78 is 9.23. The van der Waals surface area contributed by atoms with Crippen molar-refractivity contribution in [3.05, 3.63) is 54.6 Å². The minimum atomic E-state index is -0.538. The van der Waals surface area contributed by atoms with E-state index in [-0.39, 0.29) is 5.91 Å². The molecule has 0 aliphatic carbocycles. The molecule has 1 fully saturated rings. The Balaban J connectivity index is 1.46. The molecular weight excluding hydrogens is 462 g/mol. The first-order valence-corrected chi connectivity index (χ1v) is 12.3. The molecule has 1 amide bonds. The molecule has 1 N–H and O–H groups in total. The summed E-state index contributed by atoms with van der Waals surface area (Å²) in [5.41, 5.74) is 6.25. The third-order valence-electron chi connectivity index (χ3n) is 6.23. The van der Waals surface area contributed by atoms with Gasteiger partial charge in [0, 0.05) is 44.0 Å². The maximum Gasteiger partial charge on any atom is 0.263 e. The number of hydrogen-bond acceptors (Lipinski definition) is 8. The fourth-order valence-corrected chi connectivity index (χ4v) is 5.15. The highest BCUT2D eigenvalue weighted by Gasteiger charge is 2.33. The second kappa shape index (κ2) is 8.62. The van der Waals surface area contributed by atoms with Gasteiger partial charge in [0.15, 0.2) is 6.10 Å². The molecule has 0 saturated carbocycles. The average molecular weight is 486 g/mol. The smallest absolute Gasteiger partial charge is 0.263 e. The number of fused-ring (bicyclic) bond motifs is 2. The van der Waals surface area contributed by atoms with Gasteiger partial charge in [-0.25, -0.2) is 15.0 Å². The number of nitrogens with zero attached hydrogens (tertiary/aromatic N) is 6. The lowest BCUT2D eigenvalue weighted by Crippen LogP contribution is -2.32. The molecule has 5 aromatic rings. The Labute approximate surface area is 205 Å². The van der Waals surface area contributed by atoms with Gasteiger partial charge >= 0.3 is 0 Å². The van der Waals surface area contributed by atoms with E-state index in [2.05, 4.69) is 25.4 Å². The van der Waals surface area contributed by atoms with E-state index in [1.165, 1.54) is 6.33 Å². The summed E-state index contributed by atoms with van der Waals surface area (Å²) >= 11 is 1.59. The topological polar surface area (TPSA) is 98.1 Å². The van der Waals surface area contributed by atoms with Crippen LogP contribution in [0.4, 0.5) is 11.5 Å². The molecule has 10 heteroatoms. The number of nitrogens with one attached hydrogen (secondary N) is 1. The van der Waals surface area contributed by atoms with E-state index in [4.69, 9.17) is 4.74 Å².